The fraction of sp³-hybridized carbons (Fsp3) is 0.467. The molecule has 2 aromatic rings. The SMILES string of the molecule is CCCCC(=O)N(Cc1ccc2c(c1)OCO2)[C@@H]1C=C(C(=O)NCCO)[C@@H]2c3cc(CO)cc(OC)c3O[C@@H]2[C@H]1O. The fourth-order valence-electron chi connectivity index (χ4n) is 5.69. The van der Waals surface area contributed by atoms with E-state index in [0.717, 1.165) is 12.0 Å². The van der Waals surface area contributed by atoms with E-state index >= 15 is 0 Å². The van der Waals surface area contributed by atoms with Crippen molar-refractivity contribution < 1.29 is 43.9 Å². The first-order chi connectivity index (χ1) is 19.9. The van der Waals surface area contributed by atoms with Crippen LogP contribution in [0.15, 0.2) is 42.0 Å². The summed E-state index contributed by atoms with van der Waals surface area (Å²) in [5, 5.41) is 33.7. The minimum Gasteiger partial charge on any atom is -0.493 e. The lowest BCUT2D eigenvalue weighted by Gasteiger charge is -2.41. The van der Waals surface area contributed by atoms with Gasteiger partial charge in [0, 0.05) is 30.6 Å². The second-order valence-electron chi connectivity index (χ2n) is 10.3. The van der Waals surface area contributed by atoms with Crippen molar-refractivity contribution in [2.24, 2.45) is 0 Å². The van der Waals surface area contributed by atoms with Crippen molar-refractivity contribution in [1.29, 1.82) is 0 Å². The number of ether oxygens (including phenoxy) is 4. The van der Waals surface area contributed by atoms with Crippen LogP contribution >= 0.6 is 0 Å². The van der Waals surface area contributed by atoms with Gasteiger partial charge in [0.1, 0.15) is 12.2 Å². The molecule has 0 radical (unpaired) electrons. The number of methoxy groups -OCH3 is 1. The van der Waals surface area contributed by atoms with Gasteiger partial charge in [0.15, 0.2) is 23.0 Å². The highest BCUT2D eigenvalue weighted by molar-refractivity contribution is 5.96. The average molecular weight is 569 g/mol. The summed E-state index contributed by atoms with van der Waals surface area (Å²) in [4.78, 5) is 28.7. The number of hydrogen-bond donors (Lipinski definition) is 4. The smallest absolute Gasteiger partial charge is 0.247 e. The van der Waals surface area contributed by atoms with Crippen molar-refractivity contribution in [3.05, 3.63) is 58.7 Å². The summed E-state index contributed by atoms with van der Waals surface area (Å²) < 4.78 is 22.7. The van der Waals surface area contributed by atoms with Gasteiger partial charge in [-0.25, -0.2) is 0 Å². The van der Waals surface area contributed by atoms with Gasteiger partial charge in [0.05, 0.1) is 32.3 Å². The average Bonchev–Trinajstić information content (AvgIpc) is 3.62. The predicted octanol–water partition coefficient (Wildman–Crippen LogP) is 1.76. The summed E-state index contributed by atoms with van der Waals surface area (Å²) in [5.41, 5.74) is 2.24. The van der Waals surface area contributed by atoms with Gasteiger partial charge in [-0.15, -0.1) is 0 Å². The van der Waals surface area contributed by atoms with Crippen LogP contribution in [-0.2, 0) is 22.7 Å². The maximum absolute atomic E-state index is 13.6. The van der Waals surface area contributed by atoms with Crippen LogP contribution in [0.1, 0.15) is 48.8 Å². The van der Waals surface area contributed by atoms with Crippen molar-refractivity contribution in [3.8, 4) is 23.0 Å². The third-order valence-electron chi connectivity index (χ3n) is 7.71. The summed E-state index contributed by atoms with van der Waals surface area (Å²) in [6, 6.07) is 7.92. The van der Waals surface area contributed by atoms with Crippen molar-refractivity contribution in [3.63, 3.8) is 0 Å². The zero-order chi connectivity index (χ0) is 29.1. The first-order valence-corrected chi connectivity index (χ1v) is 13.8. The third-order valence-corrected chi connectivity index (χ3v) is 7.71. The van der Waals surface area contributed by atoms with Crippen LogP contribution in [0.4, 0.5) is 0 Å². The molecule has 3 aliphatic rings. The molecule has 0 bridgehead atoms. The van der Waals surface area contributed by atoms with Crippen LogP contribution in [0.3, 0.4) is 0 Å². The van der Waals surface area contributed by atoms with E-state index in [1.54, 1.807) is 29.2 Å². The molecule has 0 aromatic heterocycles. The minimum atomic E-state index is -1.19. The summed E-state index contributed by atoms with van der Waals surface area (Å²) in [6.45, 7) is 1.81. The first-order valence-electron chi connectivity index (χ1n) is 13.8. The first kappa shape index (κ1) is 28.7. The number of unbranched alkanes of at least 4 members (excludes halogenated alkanes) is 1. The Bertz CT molecular complexity index is 1330. The van der Waals surface area contributed by atoms with E-state index in [2.05, 4.69) is 5.32 Å². The number of nitrogens with one attached hydrogen (secondary N) is 1. The van der Waals surface area contributed by atoms with Crippen molar-refractivity contribution in [2.75, 3.05) is 27.1 Å². The molecule has 4 N–H and O–H groups in total. The lowest BCUT2D eigenvalue weighted by Crippen LogP contribution is -2.55. The lowest BCUT2D eigenvalue weighted by atomic mass is 9.77. The molecule has 41 heavy (non-hydrogen) atoms. The molecule has 0 spiro atoms. The Labute approximate surface area is 238 Å². The number of rotatable bonds is 11. The van der Waals surface area contributed by atoms with Crippen molar-refractivity contribution >= 4 is 11.8 Å². The van der Waals surface area contributed by atoms with Gasteiger partial charge in [-0.05, 0) is 47.9 Å². The van der Waals surface area contributed by atoms with Gasteiger partial charge in [-0.1, -0.05) is 19.4 Å². The van der Waals surface area contributed by atoms with E-state index < -0.39 is 30.1 Å². The molecule has 0 saturated heterocycles. The molecule has 4 atom stereocenters. The van der Waals surface area contributed by atoms with Crippen LogP contribution in [0, 0.1) is 0 Å². The highest BCUT2D eigenvalue weighted by Gasteiger charge is 2.51. The molecule has 5 rings (SSSR count). The van der Waals surface area contributed by atoms with Gasteiger partial charge >= 0.3 is 0 Å². The molecule has 2 aliphatic heterocycles. The van der Waals surface area contributed by atoms with Crippen LogP contribution in [0.5, 0.6) is 23.0 Å². The minimum absolute atomic E-state index is 0.0326. The molecule has 0 unspecified atom stereocenters. The molecule has 11 heteroatoms. The molecule has 1 aliphatic carbocycles. The number of benzene rings is 2. The highest BCUT2D eigenvalue weighted by atomic mass is 16.7. The van der Waals surface area contributed by atoms with Gasteiger partial charge in [0.25, 0.3) is 0 Å². The van der Waals surface area contributed by atoms with E-state index in [4.69, 9.17) is 18.9 Å². The third kappa shape index (κ3) is 5.57. The number of amides is 2. The predicted molar refractivity (Wildman–Crippen MR) is 147 cm³/mol. The second kappa shape index (κ2) is 12.4. The van der Waals surface area contributed by atoms with Gasteiger partial charge in [-0.2, -0.15) is 0 Å². The number of aliphatic hydroxyl groups excluding tert-OH is 3. The lowest BCUT2D eigenvalue weighted by molar-refractivity contribution is -0.138. The summed E-state index contributed by atoms with van der Waals surface area (Å²) in [5.74, 6) is 0.640. The van der Waals surface area contributed by atoms with E-state index in [0.29, 0.717) is 46.1 Å². The Morgan fingerprint density at radius 2 is 1.93 bits per heavy atom. The van der Waals surface area contributed by atoms with Crippen LogP contribution in [0.25, 0.3) is 0 Å². The zero-order valence-electron chi connectivity index (χ0n) is 23.2. The standard InChI is InChI=1S/C30H36N2O9/c1-3-4-5-25(35)32(14-17-6-7-22-23(11-17)40-16-39-22)21-13-20(30(37)31-8-9-33)26-19-10-18(15-34)12-24(38-2)28(19)41-29(26)27(21)36/h6-7,10-13,21,26-27,29,33-34,36H,3-5,8-9,14-16H2,1-2H3,(H,31,37)/t21-,26+,27+,29+/m1/s1. The van der Waals surface area contributed by atoms with Gasteiger partial charge in [-0.3, -0.25) is 9.59 Å². The number of fused-ring (bicyclic) bond motifs is 4. The molecule has 2 heterocycles. The molecular weight excluding hydrogens is 532 g/mol. The number of nitrogens with zero attached hydrogens (tertiary/aromatic N) is 1. The van der Waals surface area contributed by atoms with Crippen molar-refractivity contribution in [1.82, 2.24) is 10.2 Å². The molecule has 0 saturated carbocycles. The Morgan fingerprint density at radius 3 is 2.66 bits per heavy atom. The molecule has 11 nitrogen and oxygen atoms in total. The van der Waals surface area contributed by atoms with E-state index in [9.17, 15) is 24.9 Å². The van der Waals surface area contributed by atoms with Crippen molar-refractivity contribution in [2.45, 2.75) is 63.5 Å². The second-order valence-corrected chi connectivity index (χ2v) is 10.3. The molecular formula is C30H36N2O9. The van der Waals surface area contributed by atoms with E-state index in [-0.39, 0.29) is 45.4 Å². The quantitative estimate of drug-likeness (QED) is 0.318. The van der Waals surface area contributed by atoms with Gasteiger partial charge in [0.2, 0.25) is 18.6 Å². The van der Waals surface area contributed by atoms with E-state index in [1.165, 1.54) is 7.11 Å². The van der Waals surface area contributed by atoms with Gasteiger partial charge < -0.3 is 44.5 Å². The normalized spacial score (nSPS) is 21.8. The number of carbonyl (C=O) groups excluding carboxylic acids is 2. The maximum Gasteiger partial charge on any atom is 0.247 e. The maximum atomic E-state index is 13.6. The summed E-state index contributed by atoms with van der Waals surface area (Å²) >= 11 is 0. The number of carbonyl (C=O) groups is 2. The molecule has 220 valence electrons. The Kier molecular flexibility index (Phi) is 8.67. The van der Waals surface area contributed by atoms with E-state index in [1.807, 2.05) is 19.1 Å². The molecule has 2 aromatic carbocycles. The molecule has 0 fully saturated rings. The number of aliphatic hydroxyl groups is 3. The van der Waals surface area contributed by atoms with Crippen LogP contribution in [0.2, 0.25) is 0 Å². The largest absolute Gasteiger partial charge is 0.493 e. The Morgan fingerprint density at radius 1 is 1.12 bits per heavy atom. The fourth-order valence-corrected chi connectivity index (χ4v) is 5.69. The Hall–Kier alpha value is -3.80. The summed E-state index contributed by atoms with van der Waals surface area (Å²) in [6.07, 6.45) is 1.29. The van der Waals surface area contributed by atoms with Crippen LogP contribution < -0.4 is 24.3 Å². The summed E-state index contributed by atoms with van der Waals surface area (Å²) in [7, 11) is 1.48. The monoisotopic (exact) mass is 568 g/mol. The number of hydrogen-bond acceptors (Lipinski definition) is 9. The topological polar surface area (TPSA) is 147 Å². The van der Waals surface area contributed by atoms with Crippen LogP contribution in [-0.4, -0.2) is 77.3 Å². The highest BCUT2D eigenvalue weighted by Crippen LogP contribution is 2.51. The Balaban J connectivity index is 1.57. The molecule has 2 amide bonds. The zero-order valence-corrected chi connectivity index (χ0v) is 23.2.